The Hall–Kier alpha value is -3.44. The van der Waals surface area contributed by atoms with Gasteiger partial charge in [-0.2, -0.15) is 20.1 Å². The van der Waals surface area contributed by atoms with E-state index in [1.54, 1.807) is 11.8 Å². The number of nitrogens with one attached hydrogen (secondary N) is 3. The van der Waals surface area contributed by atoms with Gasteiger partial charge in [-0.05, 0) is 26.7 Å². The number of H-pyrrole nitrogens is 1. The van der Waals surface area contributed by atoms with Crippen molar-refractivity contribution >= 4 is 23.7 Å². The lowest BCUT2D eigenvalue weighted by Crippen LogP contribution is -2.37. The number of rotatable bonds is 6. The fraction of sp³-hybridized carbons (Fsp3) is 0.444. The lowest BCUT2D eigenvalue weighted by atomic mass is 10.1. The summed E-state index contributed by atoms with van der Waals surface area (Å²) in [7, 11) is 0. The highest BCUT2D eigenvalue weighted by atomic mass is 19.1. The fourth-order valence-corrected chi connectivity index (χ4v) is 3.13. The van der Waals surface area contributed by atoms with Crippen molar-refractivity contribution in [1.29, 1.82) is 0 Å². The summed E-state index contributed by atoms with van der Waals surface area (Å²) in [6.45, 7) is 4.56. The molecule has 1 aliphatic heterocycles. The zero-order chi connectivity index (χ0) is 21.1. The third-order valence-corrected chi connectivity index (χ3v) is 4.59. The molecule has 0 radical (unpaired) electrons. The Balaban J connectivity index is 1.61. The van der Waals surface area contributed by atoms with Gasteiger partial charge in [0.1, 0.15) is 12.0 Å². The van der Waals surface area contributed by atoms with Crippen LogP contribution in [-0.2, 0) is 0 Å². The van der Waals surface area contributed by atoms with Crippen LogP contribution in [0.25, 0.3) is 0 Å². The van der Waals surface area contributed by atoms with Gasteiger partial charge in [0, 0.05) is 18.3 Å². The minimum atomic E-state index is -0.927. The second kappa shape index (κ2) is 8.51. The molecule has 30 heavy (non-hydrogen) atoms. The van der Waals surface area contributed by atoms with Crippen molar-refractivity contribution in [3.05, 3.63) is 35.8 Å². The molecule has 1 fully saturated rings. The summed E-state index contributed by atoms with van der Waals surface area (Å²) in [6.07, 6.45) is 2.52. The molecule has 0 aliphatic carbocycles. The van der Waals surface area contributed by atoms with Gasteiger partial charge in [-0.1, -0.05) is 0 Å². The SMILES string of the molecule is Cc1cc(Nc2nc(N[C@@H](C)c3ncc(F)cn3)nc(N3CCCC(F)C3)n2)n[nH]1. The first-order valence-electron chi connectivity index (χ1n) is 9.64. The van der Waals surface area contributed by atoms with Gasteiger partial charge in [-0.15, -0.1) is 0 Å². The first-order chi connectivity index (χ1) is 14.5. The summed E-state index contributed by atoms with van der Waals surface area (Å²) in [5, 5.41) is 13.1. The largest absolute Gasteiger partial charge is 0.344 e. The number of alkyl halides is 1. The van der Waals surface area contributed by atoms with Crippen molar-refractivity contribution in [3.8, 4) is 0 Å². The highest BCUT2D eigenvalue weighted by molar-refractivity contribution is 5.52. The Morgan fingerprint density at radius 1 is 1.20 bits per heavy atom. The number of aromatic amines is 1. The monoisotopic (exact) mass is 416 g/mol. The molecule has 0 amide bonds. The Kier molecular flexibility index (Phi) is 5.63. The predicted octanol–water partition coefficient (Wildman–Crippen LogP) is 2.69. The number of piperidine rings is 1. The second-order valence-electron chi connectivity index (χ2n) is 7.15. The van der Waals surface area contributed by atoms with E-state index in [1.807, 2.05) is 13.0 Å². The van der Waals surface area contributed by atoms with E-state index in [1.165, 1.54) is 0 Å². The maximum atomic E-state index is 13.9. The van der Waals surface area contributed by atoms with E-state index in [0.717, 1.165) is 24.5 Å². The Morgan fingerprint density at radius 3 is 2.67 bits per heavy atom. The molecule has 158 valence electrons. The van der Waals surface area contributed by atoms with E-state index in [9.17, 15) is 8.78 Å². The van der Waals surface area contributed by atoms with Crippen LogP contribution < -0.4 is 15.5 Å². The molecule has 0 aromatic carbocycles. The Morgan fingerprint density at radius 2 is 1.97 bits per heavy atom. The molecule has 10 nitrogen and oxygen atoms in total. The summed E-state index contributed by atoms with van der Waals surface area (Å²) in [6, 6.07) is 1.42. The Bertz CT molecular complexity index is 993. The molecular weight excluding hydrogens is 394 g/mol. The van der Waals surface area contributed by atoms with E-state index in [-0.39, 0.29) is 18.4 Å². The lowest BCUT2D eigenvalue weighted by molar-refractivity contribution is 0.285. The van der Waals surface area contributed by atoms with Crippen LogP contribution in [-0.4, -0.2) is 54.4 Å². The van der Waals surface area contributed by atoms with Crippen molar-refractivity contribution in [2.45, 2.75) is 38.9 Å². The topological polar surface area (TPSA) is 120 Å². The van der Waals surface area contributed by atoms with Gasteiger partial charge >= 0.3 is 0 Å². The first-order valence-corrected chi connectivity index (χ1v) is 9.64. The normalized spacial score (nSPS) is 17.6. The number of halogens is 2. The summed E-state index contributed by atoms with van der Waals surface area (Å²) in [5.74, 6) is 1.31. The number of aromatic nitrogens is 7. The van der Waals surface area contributed by atoms with Crippen molar-refractivity contribution in [1.82, 2.24) is 35.1 Å². The van der Waals surface area contributed by atoms with Gasteiger partial charge in [0.15, 0.2) is 11.6 Å². The van der Waals surface area contributed by atoms with Crippen LogP contribution in [0.15, 0.2) is 18.5 Å². The maximum Gasteiger partial charge on any atom is 0.235 e. The van der Waals surface area contributed by atoms with Crippen molar-refractivity contribution in [2.75, 3.05) is 28.6 Å². The molecule has 4 heterocycles. The van der Waals surface area contributed by atoms with Gasteiger partial charge in [-0.25, -0.2) is 18.7 Å². The number of anilines is 4. The molecular formula is C18H22F2N10. The predicted molar refractivity (Wildman–Crippen MR) is 107 cm³/mol. The molecule has 1 unspecified atom stereocenters. The molecule has 2 atom stereocenters. The van der Waals surface area contributed by atoms with Crippen molar-refractivity contribution in [3.63, 3.8) is 0 Å². The second-order valence-corrected chi connectivity index (χ2v) is 7.15. The van der Waals surface area contributed by atoms with Crippen LogP contribution in [0.2, 0.25) is 0 Å². The zero-order valence-electron chi connectivity index (χ0n) is 16.6. The van der Waals surface area contributed by atoms with E-state index < -0.39 is 18.0 Å². The van der Waals surface area contributed by atoms with Crippen LogP contribution in [0.4, 0.5) is 32.4 Å². The third-order valence-electron chi connectivity index (χ3n) is 4.59. The highest BCUT2D eigenvalue weighted by Gasteiger charge is 2.23. The summed E-state index contributed by atoms with van der Waals surface area (Å²) >= 11 is 0. The van der Waals surface area contributed by atoms with E-state index >= 15 is 0 Å². The average Bonchev–Trinajstić information content (AvgIpc) is 3.13. The standard InChI is InChI=1S/C18H22F2N10/c1-10-6-14(29-28-10)24-17-25-16(23-11(2)15-21-7-13(20)8-22-15)26-18(27-17)30-5-3-4-12(19)9-30/h6-8,11-12H,3-5,9H2,1-2H3,(H3,23,24,25,26,27,28,29)/t11-,12?/m0/s1. The maximum absolute atomic E-state index is 13.9. The molecule has 4 rings (SSSR count). The molecule has 12 heteroatoms. The van der Waals surface area contributed by atoms with Gasteiger partial charge < -0.3 is 15.5 Å². The Labute approximate surface area is 171 Å². The van der Waals surface area contributed by atoms with E-state index in [2.05, 4.69) is 45.8 Å². The van der Waals surface area contributed by atoms with Crippen LogP contribution >= 0.6 is 0 Å². The molecule has 0 bridgehead atoms. The van der Waals surface area contributed by atoms with Crippen molar-refractivity contribution < 1.29 is 8.78 Å². The zero-order valence-corrected chi connectivity index (χ0v) is 16.6. The minimum Gasteiger partial charge on any atom is -0.344 e. The summed E-state index contributed by atoms with van der Waals surface area (Å²) in [5.41, 5.74) is 0.878. The number of hydrogen-bond donors (Lipinski definition) is 3. The number of hydrogen-bond acceptors (Lipinski definition) is 9. The van der Waals surface area contributed by atoms with Crippen LogP contribution in [0.5, 0.6) is 0 Å². The molecule has 0 saturated carbocycles. The lowest BCUT2D eigenvalue weighted by Gasteiger charge is -2.29. The van der Waals surface area contributed by atoms with Gasteiger partial charge in [0.2, 0.25) is 17.8 Å². The number of aryl methyl sites for hydroxylation is 1. The highest BCUT2D eigenvalue weighted by Crippen LogP contribution is 2.23. The average molecular weight is 416 g/mol. The van der Waals surface area contributed by atoms with E-state index in [0.29, 0.717) is 30.6 Å². The minimum absolute atomic E-state index is 0.223. The van der Waals surface area contributed by atoms with Crippen LogP contribution in [0.3, 0.4) is 0 Å². The summed E-state index contributed by atoms with van der Waals surface area (Å²) in [4.78, 5) is 23.0. The summed E-state index contributed by atoms with van der Waals surface area (Å²) < 4.78 is 27.0. The quantitative estimate of drug-likeness (QED) is 0.557. The molecule has 3 aromatic rings. The molecule has 1 aliphatic rings. The van der Waals surface area contributed by atoms with Crippen LogP contribution in [0, 0.1) is 12.7 Å². The molecule has 0 spiro atoms. The molecule has 3 aromatic heterocycles. The smallest absolute Gasteiger partial charge is 0.235 e. The van der Waals surface area contributed by atoms with Crippen molar-refractivity contribution in [2.24, 2.45) is 0 Å². The third kappa shape index (κ3) is 4.75. The van der Waals surface area contributed by atoms with Crippen LogP contribution in [0.1, 0.15) is 37.3 Å². The van der Waals surface area contributed by atoms with Gasteiger partial charge in [-0.3, -0.25) is 5.10 Å². The molecule has 3 N–H and O–H groups in total. The van der Waals surface area contributed by atoms with E-state index in [4.69, 9.17) is 0 Å². The number of nitrogens with zero attached hydrogens (tertiary/aromatic N) is 7. The van der Waals surface area contributed by atoms with Gasteiger partial charge in [0.05, 0.1) is 25.0 Å². The van der Waals surface area contributed by atoms with Gasteiger partial charge in [0.25, 0.3) is 0 Å². The first kappa shape index (κ1) is 19.9. The molecule has 1 saturated heterocycles. The fourth-order valence-electron chi connectivity index (χ4n) is 3.13.